The molecule has 24 heavy (non-hydrogen) atoms. The van der Waals surface area contributed by atoms with Crippen molar-refractivity contribution >= 4 is 57.3 Å². The highest BCUT2D eigenvalue weighted by atomic mass is 32.2. The third-order valence-corrected chi connectivity index (χ3v) is 6.16. The van der Waals surface area contributed by atoms with Gasteiger partial charge in [0.15, 0.2) is 0 Å². The smallest absolute Gasteiger partial charge is 0.366 e. The van der Waals surface area contributed by atoms with E-state index >= 15 is 0 Å². The van der Waals surface area contributed by atoms with Crippen LogP contribution in [0, 0.1) is 0 Å². The topological polar surface area (TPSA) is 82.0 Å². The molecule has 0 heterocycles. The number of benzene rings is 1. The normalized spacial score (nSPS) is 12.0. The Bertz CT molecular complexity index is 634. The van der Waals surface area contributed by atoms with Crippen molar-refractivity contribution in [1.82, 2.24) is 0 Å². The molecule has 0 aliphatic heterocycles. The monoisotopic (exact) mass is 409 g/mol. The first-order valence-corrected chi connectivity index (χ1v) is 11.3. The van der Waals surface area contributed by atoms with Gasteiger partial charge in [0, 0.05) is 17.3 Å². The lowest BCUT2D eigenvalue weighted by Gasteiger charge is -2.05. The van der Waals surface area contributed by atoms with Crippen LogP contribution in [0.2, 0.25) is 0 Å². The fourth-order valence-corrected chi connectivity index (χ4v) is 4.37. The number of rotatable bonds is 9. The average molecular weight is 410 g/mol. The number of thiol groups is 1. The second-order valence-electron chi connectivity index (χ2n) is 4.33. The lowest BCUT2D eigenvalue weighted by Crippen LogP contribution is -2.15. The number of oxime groups is 1. The second-order valence-corrected chi connectivity index (χ2v) is 8.64. The molecule has 0 radical (unpaired) electrons. The van der Waals surface area contributed by atoms with E-state index in [4.69, 9.17) is 0 Å². The van der Waals surface area contributed by atoms with E-state index in [-0.39, 0.29) is 10.8 Å². The molecule has 0 spiro atoms. The molecular formula is C14H19NO5S4. The van der Waals surface area contributed by atoms with Crippen molar-refractivity contribution in [3.05, 3.63) is 35.9 Å². The highest BCUT2D eigenvalue weighted by molar-refractivity contribution is 8.16. The van der Waals surface area contributed by atoms with Crippen molar-refractivity contribution in [2.75, 3.05) is 30.1 Å². The fraction of sp³-hybridized carbons (Fsp3) is 0.429. The molecule has 1 aromatic carbocycles. The Kier molecular flexibility index (Phi) is 10.3. The molecule has 0 aliphatic rings. The molecule has 0 aliphatic carbocycles. The molecule has 0 saturated carbocycles. The molecule has 0 aromatic heterocycles. The Labute approximate surface area is 156 Å². The van der Waals surface area contributed by atoms with E-state index in [0.717, 1.165) is 29.0 Å². The predicted octanol–water partition coefficient (Wildman–Crippen LogP) is 2.42. The van der Waals surface area contributed by atoms with Crippen LogP contribution < -0.4 is 0 Å². The van der Waals surface area contributed by atoms with E-state index in [2.05, 4.69) is 26.8 Å². The fourth-order valence-electron chi connectivity index (χ4n) is 1.47. The van der Waals surface area contributed by atoms with Crippen LogP contribution in [0.1, 0.15) is 5.56 Å². The summed E-state index contributed by atoms with van der Waals surface area (Å²) in [6.45, 7) is 0. The minimum atomic E-state index is -3.93. The molecule has 1 aromatic rings. The van der Waals surface area contributed by atoms with Gasteiger partial charge in [-0.2, -0.15) is 32.8 Å². The summed E-state index contributed by atoms with van der Waals surface area (Å²) in [6, 6.07) is 8.57. The van der Waals surface area contributed by atoms with Crippen LogP contribution in [-0.4, -0.2) is 49.6 Å². The third kappa shape index (κ3) is 8.86. The van der Waals surface area contributed by atoms with Crippen molar-refractivity contribution < 1.29 is 22.2 Å². The van der Waals surface area contributed by atoms with Gasteiger partial charge in [0.1, 0.15) is 5.75 Å². The Morgan fingerprint density at radius 3 is 2.54 bits per heavy atom. The van der Waals surface area contributed by atoms with Crippen LogP contribution in [0.25, 0.3) is 0 Å². The van der Waals surface area contributed by atoms with E-state index in [1.54, 1.807) is 42.1 Å². The molecule has 1 rings (SSSR count). The van der Waals surface area contributed by atoms with Gasteiger partial charge in [0.2, 0.25) is 5.04 Å². The van der Waals surface area contributed by atoms with Crippen LogP contribution >= 0.6 is 36.2 Å². The van der Waals surface area contributed by atoms with Gasteiger partial charge in [-0.1, -0.05) is 47.2 Å². The maximum Gasteiger partial charge on any atom is 0.366 e. The van der Waals surface area contributed by atoms with E-state index in [0.29, 0.717) is 11.3 Å². The SMILES string of the molecule is COC(=O)/C(=N/OS(=O)(=O)Cc1ccccc1)SCCSCCS. The summed E-state index contributed by atoms with van der Waals surface area (Å²) >= 11 is 6.87. The first kappa shape index (κ1) is 21.2. The Balaban J connectivity index is 2.63. The molecule has 0 amide bonds. The molecule has 0 unspecified atom stereocenters. The lowest BCUT2D eigenvalue weighted by molar-refractivity contribution is -0.132. The van der Waals surface area contributed by atoms with Crippen molar-refractivity contribution in [3.63, 3.8) is 0 Å². The molecule has 134 valence electrons. The van der Waals surface area contributed by atoms with Gasteiger partial charge in [-0.3, -0.25) is 4.28 Å². The average Bonchev–Trinajstić information content (AvgIpc) is 2.57. The molecule has 0 saturated heterocycles. The molecule has 0 atom stereocenters. The zero-order chi connectivity index (χ0) is 17.8. The van der Waals surface area contributed by atoms with Gasteiger partial charge in [-0.25, -0.2) is 4.79 Å². The summed E-state index contributed by atoms with van der Waals surface area (Å²) in [6.07, 6.45) is 0. The summed E-state index contributed by atoms with van der Waals surface area (Å²) < 4.78 is 33.1. The lowest BCUT2D eigenvalue weighted by atomic mass is 10.2. The van der Waals surface area contributed by atoms with Gasteiger partial charge >= 0.3 is 16.1 Å². The van der Waals surface area contributed by atoms with Crippen LogP contribution in [-0.2, 0) is 29.7 Å². The predicted molar refractivity (Wildman–Crippen MR) is 103 cm³/mol. The molecule has 0 fully saturated rings. The summed E-state index contributed by atoms with van der Waals surface area (Å²) in [5.41, 5.74) is 0.572. The van der Waals surface area contributed by atoms with Crippen LogP contribution in [0.3, 0.4) is 0 Å². The maximum atomic E-state index is 11.9. The molecular weight excluding hydrogens is 390 g/mol. The van der Waals surface area contributed by atoms with Crippen LogP contribution in [0.4, 0.5) is 0 Å². The van der Waals surface area contributed by atoms with Gasteiger partial charge in [-0.15, -0.1) is 0 Å². The van der Waals surface area contributed by atoms with Crippen molar-refractivity contribution in [1.29, 1.82) is 0 Å². The van der Waals surface area contributed by atoms with Gasteiger partial charge < -0.3 is 4.74 Å². The number of thioether (sulfide) groups is 2. The number of methoxy groups -OCH3 is 1. The number of nitrogens with zero attached hydrogens (tertiary/aromatic N) is 1. The number of hydrogen-bond acceptors (Lipinski definition) is 9. The molecule has 10 heteroatoms. The third-order valence-electron chi connectivity index (χ3n) is 2.48. The molecule has 6 nitrogen and oxygen atoms in total. The molecule has 0 N–H and O–H groups in total. The number of ether oxygens (including phenoxy) is 1. The highest BCUT2D eigenvalue weighted by Gasteiger charge is 2.18. The standard InChI is InChI=1S/C14H19NO5S4/c1-19-14(16)13(23-10-9-22-8-7-21)15-20-24(17,18)11-12-5-3-2-4-6-12/h2-6,21H,7-11H2,1H3/b15-13-. The first-order valence-electron chi connectivity index (χ1n) is 6.91. The highest BCUT2D eigenvalue weighted by Crippen LogP contribution is 2.13. The maximum absolute atomic E-state index is 11.9. The zero-order valence-corrected chi connectivity index (χ0v) is 16.4. The summed E-state index contributed by atoms with van der Waals surface area (Å²) in [7, 11) is -2.73. The van der Waals surface area contributed by atoms with E-state index < -0.39 is 16.1 Å². The Morgan fingerprint density at radius 2 is 1.92 bits per heavy atom. The van der Waals surface area contributed by atoms with Crippen LogP contribution in [0.5, 0.6) is 0 Å². The number of carbonyl (C=O) groups is 1. The van der Waals surface area contributed by atoms with Crippen molar-refractivity contribution in [2.45, 2.75) is 5.75 Å². The summed E-state index contributed by atoms with van der Waals surface area (Å²) in [4.78, 5) is 11.6. The van der Waals surface area contributed by atoms with E-state index in [1.807, 2.05) is 0 Å². The van der Waals surface area contributed by atoms with Gasteiger partial charge in [-0.05, 0) is 11.3 Å². The second kappa shape index (κ2) is 11.7. The van der Waals surface area contributed by atoms with Gasteiger partial charge in [0.25, 0.3) is 0 Å². The summed E-state index contributed by atoms with van der Waals surface area (Å²) in [5.74, 6) is 1.97. The quantitative estimate of drug-likeness (QED) is 0.167. The Hall–Kier alpha value is -0.840. The zero-order valence-electron chi connectivity index (χ0n) is 13.1. The molecule has 0 bridgehead atoms. The van der Waals surface area contributed by atoms with E-state index in [9.17, 15) is 13.2 Å². The minimum Gasteiger partial charge on any atom is -0.464 e. The summed E-state index contributed by atoms with van der Waals surface area (Å²) in [5, 5.41) is 3.35. The largest absolute Gasteiger partial charge is 0.464 e. The van der Waals surface area contributed by atoms with Gasteiger partial charge in [0.05, 0.1) is 7.11 Å². The minimum absolute atomic E-state index is 0.124. The van der Waals surface area contributed by atoms with Crippen molar-refractivity contribution in [3.8, 4) is 0 Å². The first-order chi connectivity index (χ1) is 11.5. The number of hydrogen-bond donors (Lipinski definition) is 1. The number of esters is 1. The number of carbonyl (C=O) groups excluding carboxylic acids is 1. The van der Waals surface area contributed by atoms with Crippen LogP contribution in [0.15, 0.2) is 35.5 Å². The Morgan fingerprint density at radius 1 is 1.21 bits per heavy atom. The van der Waals surface area contributed by atoms with E-state index in [1.165, 1.54) is 7.11 Å². The van der Waals surface area contributed by atoms with Crippen molar-refractivity contribution in [2.24, 2.45) is 5.16 Å².